The smallest absolute Gasteiger partial charge is 0.253 e. The molecule has 1 aromatic heterocycles. The summed E-state index contributed by atoms with van der Waals surface area (Å²) in [6, 6.07) is 5.29. The van der Waals surface area contributed by atoms with E-state index in [1.807, 2.05) is 19.2 Å². The van der Waals surface area contributed by atoms with Crippen LogP contribution in [0.2, 0.25) is 0 Å². The topological polar surface area (TPSA) is 91.1 Å². The highest BCUT2D eigenvalue weighted by atomic mass is 32.2. The third-order valence-electron chi connectivity index (χ3n) is 3.35. The number of fused-ring (bicyclic) bond motifs is 1. The lowest BCUT2D eigenvalue weighted by Gasteiger charge is -2.21. The van der Waals surface area contributed by atoms with Crippen molar-refractivity contribution in [3.05, 3.63) is 30.0 Å². The van der Waals surface area contributed by atoms with Crippen molar-refractivity contribution in [1.29, 1.82) is 0 Å². The Morgan fingerprint density at radius 3 is 2.95 bits per heavy atom. The highest BCUT2D eigenvalue weighted by Gasteiger charge is 2.19. The zero-order chi connectivity index (χ0) is 14.7. The summed E-state index contributed by atoms with van der Waals surface area (Å²) in [6.07, 6.45) is 3.59. The van der Waals surface area contributed by atoms with Gasteiger partial charge < -0.3 is 21.1 Å². The molecule has 20 heavy (non-hydrogen) atoms. The average molecular weight is 293 g/mol. The van der Waals surface area contributed by atoms with Crippen molar-refractivity contribution < 1.29 is 9.90 Å². The zero-order valence-corrected chi connectivity index (χ0v) is 12.3. The molecule has 0 aliphatic carbocycles. The molecule has 5 N–H and O–H groups in total. The molecule has 1 heterocycles. The molecule has 0 aliphatic heterocycles. The Hall–Kier alpha value is -1.66. The second kappa shape index (κ2) is 6.19. The molecule has 2 rings (SSSR count). The summed E-state index contributed by atoms with van der Waals surface area (Å²) in [4.78, 5) is 15.3. The lowest BCUT2D eigenvalue weighted by molar-refractivity contribution is 0.0937. The molecule has 2 unspecified atom stereocenters. The predicted molar refractivity (Wildman–Crippen MR) is 84.0 cm³/mol. The fraction of sp³-hybridized carbons (Fsp3) is 0.357. The van der Waals surface area contributed by atoms with E-state index in [4.69, 9.17) is 5.73 Å². The number of amides is 1. The molecule has 2 atom stereocenters. The summed E-state index contributed by atoms with van der Waals surface area (Å²) in [7, 11) is 0. The minimum atomic E-state index is -0.152. The first kappa shape index (κ1) is 14.7. The van der Waals surface area contributed by atoms with Crippen LogP contribution in [0, 0.1) is 0 Å². The van der Waals surface area contributed by atoms with Crippen molar-refractivity contribution in [1.82, 2.24) is 10.3 Å². The van der Waals surface area contributed by atoms with Gasteiger partial charge in [0.25, 0.3) is 5.91 Å². The molecule has 108 valence electrons. The van der Waals surface area contributed by atoms with Crippen molar-refractivity contribution in [2.75, 3.05) is 18.6 Å². The summed E-state index contributed by atoms with van der Waals surface area (Å²) in [5, 5.41) is 13.0. The maximum atomic E-state index is 12.3. The van der Waals surface area contributed by atoms with E-state index in [1.54, 1.807) is 18.3 Å². The van der Waals surface area contributed by atoms with Crippen LogP contribution in [0.3, 0.4) is 0 Å². The first-order valence-electron chi connectivity index (χ1n) is 6.38. The molecular weight excluding hydrogens is 274 g/mol. The van der Waals surface area contributed by atoms with Crippen molar-refractivity contribution in [3.63, 3.8) is 0 Å². The number of aliphatic hydroxyl groups is 1. The molecule has 0 spiro atoms. The normalized spacial score (nSPS) is 14.2. The molecule has 0 bridgehead atoms. The molecule has 0 fully saturated rings. The van der Waals surface area contributed by atoms with Crippen molar-refractivity contribution in [2.45, 2.75) is 18.2 Å². The Morgan fingerprint density at radius 2 is 2.30 bits per heavy atom. The van der Waals surface area contributed by atoms with Crippen LogP contribution < -0.4 is 11.1 Å². The van der Waals surface area contributed by atoms with Gasteiger partial charge in [-0.3, -0.25) is 4.79 Å². The van der Waals surface area contributed by atoms with Gasteiger partial charge in [0.1, 0.15) is 0 Å². The zero-order valence-electron chi connectivity index (χ0n) is 11.5. The number of carbonyl (C=O) groups is 1. The van der Waals surface area contributed by atoms with E-state index in [2.05, 4.69) is 10.3 Å². The predicted octanol–water partition coefficient (Wildman–Crippen LogP) is 1.59. The quantitative estimate of drug-likeness (QED) is 0.630. The number of hydrogen-bond acceptors (Lipinski definition) is 4. The number of benzene rings is 1. The Balaban J connectivity index is 2.19. The van der Waals surface area contributed by atoms with Crippen LogP contribution in [0.4, 0.5) is 5.69 Å². The van der Waals surface area contributed by atoms with Gasteiger partial charge in [0.05, 0.1) is 12.2 Å². The fourth-order valence-corrected chi connectivity index (χ4v) is 2.77. The second-order valence-electron chi connectivity index (χ2n) is 4.73. The molecule has 0 aliphatic rings. The van der Waals surface area contributed by atoms with Gasteiger partial charge in [-0.1, -0.05) is 0 Å². The largest absolute Gasteiger partial charge is 0.399 e. The van der Waals surface area contributed by atoms with Gasteiger partial charge >= 0.3 is 0 Å². The van der Waals surface area contributed by atoms with Crippen molar-refractivity contribution in [3.8, 4) is 0 Å². The Bertz CT molecular complexity index is 607. The van der Waals surface area contributed by atoms with Crippen LogP contribution in [0.5, 0.6) is 0 Å². The number of H-pyrrole nitrogens is 1. The number of rotatable bonds is 5. The van der Waals surface area contributed by atoms with Crippen LogP contribution in [0.25, 0.3) is 10.9 Å². The summed E-state index contributed by atoms with van der Waals surface area (Å²) < 4.78 is 0. The van der Waals surface area contributed by atoms with E-state index >= 15 is 0 Å². The maximum absolute atomic E-state index is 12.3. The van der Waals surface area contributed by atoms with Crippen LogP contribution in [0.15, 0.2) is 24.4 Å². The molecule has 0 radical (unpaired) electrons. The van der Waals surface area contributed by atoms with Gasteiger partial charge in [-0.25, -0.2) is 0 Å². The second-order valence-corrected chi connectivity index (χ2v) is 5.80. The molecule has 0 saturated heterocycles. The summed E-state index contributed by atoms with van der Waals surface area (Å²) in [5.41, 5.74) is 7.80. The minimum Gasteiger partial charge on any atom is -0.399 e. The van der Waals surface area contributed by atoms with Crippen LogP contribution >= 0.6 is 11.8 Å². The Morgan fingerprint density at radius 1 is 1.55 bits per heavy atom. The fourth-order valence-electron chi connectivity index (χ4n) is 2.15. The molecule has 6 heteroatoms. The van der Waals surface area contributed by atoms with Crippen LogP contribution in [0.1, 0.15) is 17.3 Å². The molecule has 0 saturated carbocycles. The molecular formula is C14H19N3O2S. The number of hydrogen-bond donors (Lipinski definition) is 4. The standard InChI is InChI=1S/C14H19N3O2S/c1-8(13(7-18)20-2)17-14(19)11-6-16-12-5-9(15)3-4-10(11)12/h3-6,8,13,16,18H,7,15H2,1-2H3,(H,17,19). The third kappa shape index (κ3) is 2.91. The number of nitrogen functional groups attached to an aromatic ring is 1. The van der Waals surface area contributed by atoms with Crippen LogP contribution in [-0.2, 0) is 0 Å². The van der Waals surface area contributed by atoms with Gasteiger partial charge in [-0.2, -0.15) is 11.8 Å². The number of aliphatic hydroxyl groups excluding tert-OH is 1. The number of carbonyl (C=O) groups excluding carboxylic acids is 1. The van der Waals surface area contributed by atoms with Gasteiger partial charge in [-0.15, -0.1) is 0 Å². The molecule has 5 nitrogen and oxygen atoms in total. The van der Waals surface area contributed by atoms with Gasteiger partial charge in [0, 0.05) is 34.1 Å². The van der Waals surface area contributed by atoms with Gasteiger partial charge in [-0.05, 0) is 31.4 Å². The molecule has 1 aromatic carbocycles. The number of anilines is 1. The van der Waals surface area contributed by atoms with Crippen molar-refractivity contribution in [2.24, 2.45) is 0 Å². The summed E-state index contributed by atoms with van der Waals surface area (Å²) in [5.74, 6) is -0.152. The average Bonchev–Trinajstić information content (AvgIpc) is 2.82. The highest BCUT2D eigenvalue weighted by molar-refractivity contribution is 7.99. The maximum Gasteiger partial charge on any atom is 0.253 e. The first-order valence-corrected chi connectivity index (χ1v) is 7.66. The van der Waals surface area contributed by atoms with E-state index in [1.165, 1.54) is 11.8 Å². The summed E-state index contributed by atoms with van der Waals surface area (Å²) in [6.45, 7) is 1.93. The van der Waals surface area contributed by atoms with Gasteiger partial charge in [0.2, 0.25) is 0 Å². The number of nitrogens with one attached hydrogen (secondary N) is 2. The number of aromatic nitrogens is 1. The number of nitrogens with two attached hydrogens (primary N) is 1. The molecule has 2 aromatic rings. The van der Waals surface area contributed by atoms with Crippen molar-refractivity contribution >= 4 is 34.3 Å². The summed E-state index contributed by atoms with van der Waals surface area (Å²) >= 11 is 1.53. The van der Waals surface area contributed by atoms with E-state index in [9.17, 15) is 9.90 Å². The number of aromatic amines is 1. The lowest BCUT2D eigenvalue weighted by Crippen LogP contribution is -2.41. The Labute approximate surface area is 121 Å². The SMILES string of the molecule is CSC(CO)C(C)NC(=O)c1c[nH]c2cc(N)ccc12. The lowest BCUT2D eigenvalue weighted by atomic mass is 10.1. The molecule has 1 amide bonds. The number of thioether (sulfide) groups is 1. The monoisotopic (exact) mass is 293 g/mol. The van der Waals surface area contributed by atoms with E-state index in [-0.39, 0.29) is 23.8 Å². The highest BCUT2D eigenvalue weighted by Crippen LogP contribution is 2.21. The van der Waals surface area contributed by atoms with E-state index in [0.717, 1.165) is 10.9 Å². The minimum absolute atomic E-state index is 0.0141. The van der Waals surface area contributed by atoms with E-state index < -0.39 is 0 Å². The Kier molecular flexibility index (Phi) is 4.57. The van der Waals surface area contributed by atoms with Gasteiger partial charge in [0.15, 0.2) is 0 Å². The first-order chi connectivity index (χ1) is 9.56. The van der Waals surface area contributed by atoms with Crippen LogP contribution in [-0.4, -0.2) is 40.2 Å². The van der Waals surface area contributed by atoms with E-state index in [0.29, 0.717) is 11.3 Å². The third-order valence-corrected chi connectivity index (χ3v) is 4.51.